The van der Waals surface area contributed by atoms with Crippen LogP contribution in [0.5, 0.6) is 0 Å². The smallest absolute Gasteiger partial charge is 0.403 e. The first-order valence-corrected chi connectivity index (χ1v) is 5.91. The van der Waals surface area contributed by atoms with E-state index in [9.17, 15) is 23.1 Å². The van der Waals surface area contributed by atoms with Crippen LogP contribution in [0.4, 0.5) is 13.2 Å². The van der Waals surface area contributed by atoms with E-state index in [1.807, 2.05) is 0 Å². The van der Waals surface area contributed by atoms with E-state index in [2.05, 4.69) is 0 Å². The number of likely N-dealkylation sites (N-methyl/N-ethyl adjacent to an activating group) is 1. The second-order valence-corrected chi connectivity index (χ2v) is 4.79. The molecule has 0 spiro atoms. The van der Waals surface area contributed by atoms with E-state index < -0.39 is 30.7 Å². The number of aliphatic carboxylic acids is 1. The molecule has 0 bridgehead atoms. The van der Waals surface area contributed by atoms with Gasteiger partial charge < -0.3 is 10.2 Å². The van der Waals surface area contributed by atoms with Crippen molar-refractivity contribution >= 4 is 5.97 Å². The van der Waals surface area contributed by atoms with Gasteiger partial charge in [-0.05, 0) is 19.9 Å². The summed E-state index contributed by atoms with van der Waals surface area (Å²) in [4.78, 5) is 12.0. The molecule has 1 aliphatic rings. The SMILES string of the molecule is CN(CC(C(=O)O)C(F)(F)F)C1CCCCC1O. The van der Waals surface area contributed by atoms with Crippen molar-refractivity contribution in [1.29, 1.82) is 0 Å². The van der Waals surface area contributed by atoms with Crippen LogP contribution in [-0.4, -0.2) is 53.0 Å². The van der Waals surface area contributed by atoms with Crippen LogP contribution < -0.4 is 0 Å². The minimum atomic E-state index is -4.76. The van der Waals surface area contributed by atoms with Gasteiger partial charge in [0, 0.05) is 12.6 Å². The van der Waals surface area contributed by atoms with Gasteiger partial charge in [0.15, 0.2) is 5.92 Å². The molecule has 0 aromatic rings. The van der Waals surface area contributed by atoms with Crippen molar-refractivity contribution in [2.75, 3.05) is 13.6 Å². The Kier molecular flexibility index (Phi) is 4.98. The molecule has 18 heavy (non-hydrogen) atoms. The van der Waals surface area contributed by atoms with Crippen LogP contribution in [0.2, 0.25) is 0 Å². The molecule has 106 valence electrons. The van der Waals surface area contributed by atoms with Crippen molar-refractivity contribution in [1.82, 2.24) is 4.90 Å². The monoisotopic (exact) mass is 269 g/mol. The van der Waals surface area contributed by atoms with Gasteiger partial charge in [-0.2, -0.15) is 13.2 Å². The lowest BCUT2D eigenvalue weighted by Crippen LogP contribution is -2.48. The predicted octanol–water partition coefficient (Wildman–Crippen LogP) is 1.48. The molecule has 3 unspecified atom stereocenters. The topological polar surface area (TPSA) is 60.8 Å². The van der Waals surface area contributed by atoms with E-state index in [0.29, 0.717) is 12.8 Å². The van der Waals surface area contributed by atoms with Crippen molar-refractivity contribution in [3.63, 3.8) is 0 Å². The minimum absolute atomic E-state index is 0.386. The fourth-order valence-electron chi connectivity index (χ4n) is 2.35. The Labute approximate surface area is 103 Å². The van der Waals surface area contributed by atoms with E-state index in [4.69, 9.17) is 5.11 Å². The third-order valence-electron chi connectivity index (χ3n) is 3.42. The summed E-state index contributed by atoms with van der Waals surface area (Å²) in [6.45, 7) is -0.624. The Morgan fingerprint density at radius 1 is 1.39 bits per heavy atom. The highest BCUT2D eigenvalue weighted by Gasteiger charge is 2.46. The van der Waals surface area contributed by atoms with Crippen LogP contribution in [-0.2, 0) is 4.79 Å². The molecule has 0 saturated heterocycles. The molecule has 0 amide bonds. The second-order valence-electron chi connectivity index (χ2n) is 4.79. The number of hydrogen-bond acceptors (Lipinski definition) is 3. The molecular weight excluding hydrogens is 251 g/mol. The molecule has 1 fully saturated rings. The van der Waals surface area contributed by atoms with Gasteiger partial charge in [-0.15, -0.1) is 0 Å². The van der Waals surface area contributed by atoms with E-state index in [0.717, 1.165) is 12.8 Å². The zero-order valence-corrected chi connectivity index (χ0v) is 10.2. The van der Waals surface area contributed by atoms with Crippen molar-refractivity contribution < 1.29 is 28.2 Å². The molecule has 4 nitrogen and oxygen atoms in total. The summed E-state index contributed by atoms with van der Waals surface area (Å²) in [5.74, 6) is -4.28. The molecule has 3 atom stereocenters. The highest BCUT2D eigenvalue weighted by atomic mass is 19.4. The van der Waals surface area contributed by atoms with Gasteiger partial charge in [-0.1, -0.05) is 12.8 Å². The first-order valence-electron chi connectivity index (χ1n) is 5.91. The maximum absolute atomic E-state index is 12.5. The Morgan fingerprint density at radius 3 is 2.39 bits per heavy atom. The number of aliphatic hydroxyl groups is 1. The molecule has 1 aliphatic carbocycles. The maximum Gasteiger partial charge on any atom is 0.403 e. The first kappa shape index (κ1) is 15.2. The van der Waals surface area contributed by atoms with Crippen LogP contribution in [0.15, 0.2) is 0 Å². The van der Waals surface area contributed by atoms with Gasteiger partial charge in [-0.25, -0.2) is 0 Å². The third kappa shape index (κ3) is 3.84. The van der Waals surface area contributed by atoms with Gasteiger partial charge in [0.1, 0.15) is 0 Å². The molecule has 7 heteroatoms. The fraction of sp³-hybridized carbons (Fsp3) is 0.909. The summed E-state index contributed by atoms with van der Waals surface area (Å²) in [7, 11) is 1.43. The lowest BCUT2D eigenvalue weighted by atomic mass is 9.91. The minimum Gasteiger partial charge on any atom is -0.481 e. The number of aliphatic hydroxyl groups excluding tert-OH is 1. The Hall–Kier alpha value is -0.820. The standard InChI is InChI=1S/C11H18F3NO3/c1-15(8-4-2-3-5-9(8)16)6-7(10(17)18)11(12,13)14/h7-9,16H,2-6H2,1H3,(H,17,18). The Morgan fingerprint density at radius 2 is 1.94 bits per heavy atom. The van der Waals surface area contributed by atoms with Crippen molar-refractivity contribution in [3.8, 4) is 0 Å². The highest BCUT2D eigenvalue weighted by molar-refractivity contribution is 5.71. The number of hydrogen-bond donors (Lipinski definition) is 2. The molecule has 0 heterocycles. The number of carboxylic acid groups (broad SMARTS) is 1. The second kappa shape index (κ2) is 5.88. The largest absolute Gasteiger partial charge is 0.481 e. The summed E-state index contributed by atoms with van der Waals surface area (Å²) in [6, 6.07) is -0.386. The first-order chi connectivity index (χ1) is 8.23. The van der Waals surface area contributed by atoms with Crippen LogP contribution in [0.3, 0.4) is 0 Å². The van der Waals surface area contributed by atoms with Crippen LogP contribution >= 0.6 is 0 Å². The summed E-state index contributed by atoms with van der Waals surface area (Å²) in [5.41, 5.74) is 0. The predicted molar refractivity (Wildman–Crippen MR) is 58.1 cm³/mol. The Bertz CT molecular complexity index is 296. The van der Waals surface area contributed by atoms with Crippen molar-refractivity contribution in [2.24, 2.45) is 5.92 Å². The average molecular weight is 269 g/mol. The number of carbonyl (C=O) groups is 1. The van der Waals surface area contributed by atoms with Crippen LogP contribution in [0, 0.1) is 5.92 Å². The number of alkyl halides is 3. The lowest BCUT2D eigenvalue weighted by molar-refractivity contribution is -0.197. The normalized spacial score (nSPS) is 27.2. The maximum atomic E-state index is 12.5. The zero-order chi connectivity index (χ0) is 13.9. The van der Waals surface area contributed by atoms with Gasteiger partial charge in [0.25, 0.3) is 0 Å². The fourth-order valence-corrected chi connectivity index (χ4v) is 2.35. The van der Waals surface area contributed by atoms with E-state index in [1.54, 1.807) is 0 Å². The molecule has 1 saturated carbocycles. The quantitative estimate of drug-likeness (QED) is 0.811. The summed E-state index contributed by atoms with van der Waals surface area (Å²) < 4.78 is 37.6. The average Bonchev–Trinajstić information content (AvgIpc) is 2.24. The molecule has 0 aliphatic heterocycles. The summed E-state index contributed by atoms with van der Waals surface area (Å²) in [5, 5.41) is 18.3. The molecule has 2 N–H and O–H groups in total. The van der Waals surface area contributed by atoms with E-state index >= 15 is 0 Å². The molecule has 0 radical (unpaired) electrons. The van der Waals surface area contributed by atoms with Crippen molar-refractivity contribution in [2.45, 2.75) is 44.0 Å². The van der Waals surface area contributed by atoms with Gasteiger partial charge in [0.2, 0.25) is 0 Å². The van der Waals surface area contributed by atoms with Gasteiger partial charge >= 0.3 is 12.1 Å². The van der Waals surface area contributed by atoms with E-state index in [1.165, 1.54) is 11.9 Å². The summed E-state index contributed by atoms with van der Waals surface area (Å²) in [6.07, 6.45) is -2.59. The third-order valence-corrected chi connectivity index (χ3v) is 3.42. The number of halogens is 3. The van der Waals surface area contributed by atoms with Gasteiger partial charge in [0.05, 0.1) is 6.10 Å². The Balaban J connectivity index is 2.66. The highest BCUT2D eigenvalue weighted by Crippen LogP contribution is 2.29. The van der Waals surface area contributed by atoms with E-state index in [-0.39, 0.29) is 6.04 Å². The molecular formula is C11H18F3NO3. The molecule has 1 rings (SSSR count). The zero-order valence-electron chi connectivity index (χ0n) is 10.2. The number of carboxylic acids is 1. The van der Waals surface area contributed by atoms with Gasteiger partial charge in [-0.3, -0.25) is 9.69 Å². The summed E-state index contributed by atoms with van der Waals surface area (Å²) >= 11 is 0. The van der Waals surface area contributed by atoms with Crippen LogP contribution in [0.1, 0.15) is 25.7 Å². The number of rotatable bonds is 4. The van der Waals surface area contributed by atoms with Crippen molar-refractivity contribution in [3.05, 3.63) is 0 Å². The molecule has 0 aromatic heterocycles. The van der Waals surface area contributed by atoms with Crippen LogP contribution in [0.25, 0.3) is 0 Å². The number of nitrogens with zero attached hydrogens (tertiary/aromatic N) is 1. The lowest BCUT2D eigenvalue weighted by Gasteiger charge is -2.36. The molecule has 0 aromatic carbocycles.